The van der Waals surface area contributed by atoms with E-state index in [0.717, 1.165) is 0 Å². The minimum absolute atomic E-state index is 0. The molecule has 0 bridgehead atoms. The number of nitrogens with zero attached hydrogens (tertiary/aromatic N) is 6. The van der Waals surface area contributed by atoms with E-state index in [4.69, 9.17) is 60.5 Å². The van der Waals surface area contributed by atoms with Crippen molar-refractivity contribution in [2.24, 2.45) is 5.73 Å². The number of hydrogen-bond acceptors (Lipinski definition) is 16. The van der Waals surface area contributed by atoms with E-state index in [9.17, 15) is 33.6 Å². The number of hydrogen-bond donors (Lipinski definition) is 6. The molecular formula is C48H63Br2Cl3N12O10. The van der Waals surface area contributed by atoms with E-state index in [1.165, 1.54) is 40.0 Å². The van der Waals surface area contributed by atoms with Gasteiger partial charge in [0.1, 0.15) is 63.9 Å². The summed E-state index contributed by atoms with van der Waals surface area (Å²) in [6, 6.07) is 7.49. The highest BCUT2D eigenvalue weighted by Gasteiger charge is 2.60. The Morgan fingerprint density at radius 3 is 1.57 bits per heavy atom. The van der Waals surface area contributed by atoms with Gasteiger partial charge in [0.2, 0.25) is 0 Å². The summed E-state index contributed by atoms with van der Waals surface area (Å²) in [5, 5.41) is 9.31. The smallest absolute Gasteiger partial charge is 0.277 e. The number of fused-ring (bicyclic) bond motifs is 4. The van der Waals surface area contributed by atoms with Crippen LogP contribution in [0.3, 0.4) is 0 Å². The number of aromatic nitrogens is 7. The molecular weight excluding hydrogens is 1170 g/mol. The van der Waals surface area contributed by atoms with Crippen molar-refractivity contribution in [1.82, 2.24) is 44.7 Å². The monoisotopic (exact) mass is 1230 g/mol. The van der Waals surface area contributed by atoms with Crippen LogP contribution in [0.2, 0.25) is 15.1 Å². The number of pyridine rings is 3. The van der Waals surface area contributed by atoms with Crippen LogP contribution in [-0.2, 0) is 30.3 Å². The number of amides is 3. The van der Waals surface area contributed by atoms with Gasteiger partial charge < -0.3 is 46.6 Å². The molecule has 0 aliphatic carbocycles. The zero-order valence-corrected chi connectivity index (χ0v) is 44.2. The first-order valence-corrected chi connectivity index (χ1v) is 24.0. The zero-order chi connectivity index (χ0) is 52.4. The van der Waals surface area contributed by atoms with Gasteiger partial charge in [0.25, 0.3) is 34.4 Å². The van der Waals surface area contributed by atoms with Gasteiger partial charge in [-0.25, -0.2) is 19.9 Å². The molecule has 2 unspecified atom stereocenters. The van der Waals surface area contributed by atoms with Crippen LogP contribution < -0.4 is 44.1 Å². The van der Waals surface area contributed by atoms with E-state index in [2.05, 4.69) is 72.7 Å². The molecule has 3 amide bonds. The van der Waals surface area contributed by atoms with E-state index < -0.39 is 39.6 Å². The fourth-order valence-electron chi connectivity index (χ4n) is 8.17. The molecule has 410 valence electrons. The number of ketones is 1. The van der Waals surface area contributed by atoms with Crippen molar-refractivity contribution in [1.29, 1.82) is 0 Å². The maximum atomic E-state index is 13.2. The summed E-state index contributed by atoms with van der Waals surface area (Å²) in [4.78, 5) is 100. The summed E-state index contributed by atoms with van der Waals surface area (Å²) in [6.45, 7) is 12.5. The molecule has 0 aromatic carbocycles. The van der Waals surface area contributed by atoms with Gasteiger partial charge in [-0.2, -0.15) is 0 Å². The van der Waals surface area contributed by atoms with E-state index in [-0.39, 0.29) is 101 Å². The third-order valence-electron chi connectivity index (χ3n) is 12.1. The summed E-state index contributed by atoms with van der Waals surface area (Å²) in [5.74, 6) is -0.295. The predicted molar refractivity (Wildman–Crippen MR) is 296 cm³/mol. The molecule has 2 atom stereocenters. The zero-order valence-electron chi connectivity index (χ0n) is 38.7. The number of H-pyrrole nitrogens is 1. The number of nitrogens with two attached hydrogens (primary N) is 2. The fraction of sp³-hybridized carbons (Fsp3) is 0.438. The number of nitrogens with one attached hydrogen (secondary N) is 4. The van der Waals surface area contributed by atoms with Gasteiger partial charge >= 0.3 is 0 Å². The summed E-state index contributed by atoms with van der Waals surface area (Å²) < 4.78 is 20.0. The minimum Gasteiger partial charge on any atom is -0.384 e. The van der Waals surface area contributed by atoms with Crippen molar-refractivity contribution >= 4 is 107 Å². The molecule has 10 rings (SSSR count). The first-order valence-electron chi connectivity index (χ1n) is 21.3. The molecule has 10 heterocycles. The Morgan fingerprint density at radius 1 is 0.693 bits per heavy atom. The second-order valence-electron chi connectivity index (χ2n) is 17.5. The quantitative estimate of drug-likeness (QED) is 0.101. The molecule has 3 saturated heterocycles. The van der Waals surface area contributed by atoms with Gasteiger partial charge in [0.05, 0.1) is 43.8 Å². The lowest BCUT2D eigenvalue weighted by atomic mass is 9.91. The normalized spacial score (nSPS) is 20.1. The third-order valence-corrected chi connectivity index (χ3v) is 14.1. The van der Waals surface area contributed by atoms with Crippen LogP contribution in [0.4, 0.5) is 17.3 Å². The largest absolute Gasteiger partial charge is 0.384 e. The summed E-state index contributed by atoms with van der Waals surface area (Å²) in [7, 11) is 0. The van der Waals surface area contributed by atoms with Gasteiger partial charge in [-0.3, -0.25) is 42.7 Å². The summed E-state index contributed by atoms with van der Waals surface area (Å²) in [5.41, 5.74) is 5.79. The fourth-order valence-corrected chi connectivity index (χ4v) is 9.97. The average Bonchev–Trinajstić information content (AvgIpc) is 4.06. The number of Topliss-reactive ketones (excluding diaryl/α,β-unsaturated/α-hetero) is 1. The van der Waals surface area contributed by atoms with Gasteiger partial charge in [0, 0.05) is 31.7 Å². The van der Waals surface area contributed by atoms with Crippen molar-refractivity contribution in [2.75, 3.05) is 30.9 Å². The Bertz CT molecular complexity index is 3090. The second kappa shape index (κ2) is 25.5. The first kappa shape index (κ1) is 65.5. The molecule has 0 radical (unpaired) electrons. The first-order chi connectivity index (χ1) is 33.2. The molecule has 5 aliphatic rings. The molecule has 2 spiro atoms. The van der Waals surface area contributed by atoms with Crippen LogP contribution in [0.5, 0.6) is 0 Å². The standard InChI is InChI=1S/C16H16ClN5O3.C12H12BrClN2O3.C6H4BrClN2O2.C6H10O2.C4H5N3.4CH4/c1-15(2)16(4-6-25-15)21-13(23)12-9(17)7-10(14(24)22(12)16)20-11-3-5-18-8-19-11;1-11(2)12(3-4-19-11)15-9(17)8-7(14)5-6(13)10(18)16(8)12;7-2-1-3(8)4(5(9)11)10-6(2)12;1-6(2)5(7)3-4-8-6;5-4-1-2-6-3-7-4;;;;/h3,5,7-8H,4,6H2,1-2H3,(H,21,23)(H,18,19,20);5H,3-4H2,1-2H3,(H,15,17);1H,(H2,9,11)(H,10,12);3-4H2,1-2H3;1-3H,(H2,5,6,7);4*1H4. The van der Waals surface area contributed by atoms with Crippen molar-refractivity contribution < 1.29 is 33.4 Å². The highest BCUT2D eigenvalue weighted by molar-refractivity contribution is 9.10. The number of primary amides is 1. The van der Waals surface area contributed by atoms with Gasteiger partial charge in [0.15, 0.2) is 17.1 Å². The van der Waals surface area contributed by atoms with Gasteiger partial charge in [-0.1, -0.05) is 64.5 Å². The number of carbonyl (C=O) groups excluding carboxylic acids is 4. The molecule has 22 nitrogen and oxygen atoms in total. The van der Waals surface area contributed by atoms with Crippen molar-refractivity contribution in [3.05, 3.63) is 128 Å². The van der Waals surface area contributed by atoms with Crippen LogP contribution in [-0.4, -0.2) is 94.2 Å². The van der Waals surface area contributed by atoms with Crippen molar-refractivity contribution in [3.8, 4) is 0 Å². The Hall–Kier alpha value is -5.60. The molecule has 8 N–H and O–H groups in total. The number of anilines is 3. The van der Waals surface area contributed by atoms with Gasteiger partial charge in [-0.15, -0.1) is 0 Å². The number of nitrogen functional groups attached to an aromatic ring is 1. The number of ether oxygens (including phenoxy) is 3. The van der Waals surface area contributed by atoms with E-state index in [1.807, 2.05) is 41.5 Å². The maximum absolute atomic E-state index is 13.2. The molecule has 0 saturated carbocycles. The van der Waals surface area contributed by atoms with E-state index in [1.54, 1.807) is 24.5 Å². The maximum Gasteiger partial charge on any atom is 0.277 e. The Labute approximate surface area is 465 Å². The third kappa shape index (κ3) is 13.2. The van der Waals surface area contributed by atoms with Crippen LogP contribution in [0, 0.1) is 0 Å². The molecule has 5 aromatic rings. The average molecular weight is 1230 g/mol. The number of halogens is 5. The summed E-state index contributed by atoms with van der Waals surface area (Å²) >= 11 is 24.2. The lowest BCUT2D eigenvalue weighted by Gasteiger charge is -2.37. The van der Waals surface area contributed by atoms with E-state index in [0.29, 0.717) is 55.2 Å². The molecule has 75 heavy (non-hydrogen) atoms. The second-order valence-corrected chi connectivity index (χ2v) is 20.4. The van der Waals surface area contributed by atoms with Crippen molar-refractivity contribution in [2.45, 2.75) is 119 Å². The Morgan fingerprint density at radius 2 is 1.19 bits per heavy atom. The van der Waals surface area contributed by atoms with Crippen LogP contribution >= 0.6 is 66.7 Å². The predicted octanol–water partition coefficient (Wildman–Crippen LogP) is 7.74. The number of aromatic amines is 1. The molecule has 27 heteroatoms. The Kier molecular flexibility index (Phi) is 22.3. The molecule has 5 aliphatic heterocycles. The molecule has 5 aromatic heterocycles. The lowest BCUT2D eigenvalue weighted by Crippen LogP contribution is -2.58. The lowest BCUT2D eigenvalue weighted by molar-refractivity contribution is -0.128. The Balaban J connectivity index is 0.000000341. The highest BCUT2D eigenvalue weighted by Crippen LogP contribution is 2.45. The molecule has 3 fully saturated rings. The van der Waals surface area contributed by atoms with Crippen molar-refractivity contribution in [3.63, 3.8) is 0 Å². The number of rotatable bonds is 3. The van der Waals surface area contributed by atoms with E-state index >= 15 is 0 Å². The van der Waals surface area contributed by atoms with Crippen LogP contribution in [0.25, 0.3) is 0 Å². The minimum atomic E-state index is -0.969. The van der Waals surface area contributed by atoms with Crippen LogP contribution in [0.1, 0.15) is 122 Å². The summed E-state index contributed by atoms with van der Waals surface area (Å²) in [6.07, 6.45) is 7.54. The SMILES string of the molecule is C.C.C.C.CC1(C)OCCC12NC(=O)c1c(Cl)cc(Br)c(=O)n12.CC1(C)OCCC12NC(=O)c1c(Cl)cc(Nc3ccncn3)c(=O)n12.CC1(C)OCCC1=O.NC(=O)c1[nH]c(=O)c(Br)cc1Cl.Nc1ccncn1. The number of carbonyl (C=O) groups is 4. The topological polar surface area (TPSA) is 313 Å². The van der Waals surface area contributed by atoms with Gasteiger partial charge in [-0.05, 0) is 104 Å². The highest BCUT2D eigenvalue weighted by atomic mass is 79.9. The van der Waals surface area contributed by atoms with Crippen LogP contribution in [0.15, 0.2) is 78.7 Å².